The molecule has 1 aromatic carbocycles. The molecule has 0 radical (unpaired) electrons. The molecule has 1 amide bonds. The first-order chi connectivity index (χ1) is 7.72. The Morgan fingerprint density at radius 2 is 2.12 bits per heavy atom. The third-order valence-corrected chi connectivity index (χ3v) is 2.57. The van der Waals surface area contributed by atoms with E-state index < -0.39 is 11.7 Å². The number of fused-ring (bicyclic) bond motifs is 1. The lowest BCUT2D eigenvalue weighted by atomic mass is 10.1. The number of amides is 1. The molecule has 80 valence electrons. The normalized spacial score (nSPS) is 12.8. The maximum atomic E-state index is 11.4. The van der Waals surface area contributed by atoms with Crippen LogP contribution in [0.2, 0.25) is 0 Å². The third kappa shape index (κ3) is 2.00. The molecule has 2 rings (SSSR count). The van der Waals surface area contributed by atoms with Gasteiger partial charge in [0, 0.05) is 17.3 Å². The van der Waals surface area contributed by atoms with Gasteiger partial charge in [0.25, 0.3) is 11.7 Å². The Balaban J connectivity index is 2.32. The van der Waals surface area contributed by atoms with Crippen molar-refractivity contribution in [1.29, 1.82) is 0 Å². The average Bonchev–Trinajstić information content (AvgIpc) is 2.56. The molecule has 16 heavy (non-hydrogen) atoms. The molecule has 0 aliphatic carbocycles. The van der Waals surface area contributed by atoms with Gasteiger partial charge >= 0.3 is 0 Å². The molecular weight excluding hydrogens is 270 g/mol. The molecular formula is C12H8BrNO2. The van der Waals surface area contributed by atoms with E-state index in [9.17, 15) is 9.59 Å². The molecule has 0 atom stereocenters. The van der Waals surface area contributed by atoms with E-state index in [4.69, 9.17) is 0 Å². The quantitative estimate of drug-likeness (QED) is 0.485. The fraction of sp³-hybridized carbons (Fsp3) is 0.167. The summed E-state index contributed by atoms with van der Waals surface area (Å²) in [5.41, 5.74) is 1.74. The maximum Gasteiger partial charge on any atom is 0.296 e. The van der Waals surface area contributed by atoms with Crippen LogP contribution in [0.1, 0.15) is 22.3 Å². The fourth-order valence-electron chi connectivity index (χ4n) is 1.43. The van der Waals surface area contributed by atoms with Crippen LogP contribution < -0.4 is 5.32 Å². The number of ketones is 1. The molecule has 3 nitrogen and oxygen atoms in total. The number of carbonyl (C=O) groups excluding carboxylic acids is 2. The van der Waals surface area contributed by atoms with Gasteiger partial charge in [0.2, 0.25) is 0 Å². The van der Waals surface area contributed by atoms with Crippen LogP contribution in [0.25, 0.3) is 0 Å². The smallest absolute Gasteiger partial charge is 0.296 e. The van der Waals surface area contributed by atoms with Crippen molar-refractivity contribution in [2.75, 3.05) is 10.6 Å². The number of Topliss-reactive ketones (excluding diaryl/α,β-unsaturated/α-hetero) is 1. The summed E-state index contributed by atoms with van der Waals surface area (Å²) in [6, 6.07) is 5.14. The number of benzene rings is 1. The van der Waals surface area contributed by atoms with Crippen LogP contribution >= 0.6 is 15.9 Å². The van der Waals surface area contributed by atoms with Crippen LogP contribution in [0.3, 0.4) is 0 Å². The van der Waals surface area contributed by atoms with Crippen molar-refractivity contribution in [3.05, 3.63) is 29.3 Å². The van der Waals surface area contributed by atoms with Crippen molar-refractivity contribution >= 4 is 33.3 Å². The van der Waals surface area contributed by atoms with Crippen molar-refractivity contribution in [2.24, 2.45) is 0 Å². The van der Waals surface area contributed by atoms with Crippen LogP contribution in [0, 0.1) is 11.8 Å². The third-order valence-electron chi connectivity index (χ3n) is 2.17. The van der Waals surface area contributed by atoms with Gasteiger partial charge in [0.15, 0.2) is 0 Å². The topological polar surface area (TPSA) is 46.2 Å². The van der Waals surface area contributed by atoms with Gasteiger partial charge in [-0.2, -0.15) is 0 Å². The zero-order valence-electron chi connectivity index (χ0n) is 8.34. The highest BCUT2D eigenvalue weighted by Crippen LogP contribution is 2.23. The van der Waals surface area contributed by atoms with Gasteiger partial charge in [-0.25, -0.2) is 0 Å². The molecule has 0 saturated carbocycles. The van der Waals surface area contributed by atoms with Crippen molar-refractivity contribution in [1.82, 2.24) is 0 Å². The molecule has 0 spiro atoms. The monoisotopic (exact) mass is 277 g/mol. The second-order valence-corrected chi connectivity index (χ2v) is 4.08. The predicted octanol–water partition coefficient (Wildman–Crippen LogP) is 1.96. The minimum absolute atomic E-state index is 0.413. The van der Waals surface area contributed by atoms with Gasteiger partial charge in [0.1, 0.15) is 0 Å². The Bertz CT molecular complexity index is 526. The molecule has 1 aliphatic rings. The Hall–Kier alpha value is -1.60. The fourth-order valence-corrected chi connectivity index (χ4v) is 1.63. The first-order valence-corrected chi connectivity index (χ1v) is 5.89. The molecule has 0 unspecified atom stereocenters. The number of hydrogen-bond donors (Lipinski definition) is 1. The van der Waals surface area contributed by atoms with E-state index >= 15 is 0 Å². The SMILES string of the molecule is O=C1Nc2ccc(C#CCCBr)cc2C1=O. The maximum absolute atomic E-state index is 11.4. The van der Waals surface area contributed by atoms with Crippen LogP contribution in [-0.4, -0.2) is 17.0 Å². The summed E-state index contributed by atoms with van der Waals surface area (Å²) in [6.07, 6.45) is 0.752. The minimum atomic E-state index is -0.569. The molecule has 1 aliphatic heterocycles. The molecule has 1 heterocycles. The second kappa shape index (κ2) is 4.50. The van der Waals surface area contributed by atoms with Crippen molar-refractivity contribution < 1.29 is 9.59 Å². The molecule has 0 fully saturated rings. The second-order valence-electron chi connectivity index (χ2n) is 3.28. The molecule has 0 bridgehead atoms. The van der Waals surface area contributed by atoms with Crippen molar-refractivity contribution in [2.45, 2.75) is 6.42 Å². The van der Waals surface area contributed by atoms with Gasteiger partial charge in [-0.3, -0.25) is 9.59 Å². The van der Waals surface area contributed by atoms with Crippen LogP contribution in [0.4, 0.5) is 5.69 Å². The first kappa shape index (κ1) is 10.9. The summed E-state index contributed by atoms with van der Waals surface area (Å²) >= 11 is 3.28. The highest BCUT2D eigenvalue weighted by molar-refractivity contribution is 9.09. The highest BCUT2D eigenvalue weighted by atomic mass is 79.9. The summed E-state index contributed by atoms with van der Waals surface area (Å²) in [6.45, 7) is 0. The standard InChI is InChI=1S/C12H8BrNO2/c13-6-2-1-3-8-4-5-10-9(7-8)11(15)12(16)14-10/h4-5,7H,2,6H2,(H,14,15,16). The van der Waals surface area contributed by atoms with Gasteiger partial charge in [-0.1, -0.05) is 27.8 Å². The van der Waals surface area contributed by atoms with E-state index in [1.807, 2.05) is 0 Å². The van der Waals surface area contributed by atoms with Crippen LogP contribution in [0.15, 0.2) is 18.2 Å². The zero-order valence-corrected chi connectivity index (χ0v) is 9.93. The Kier molecular flexibility index (Phi) is 3.07. The Morgan fingerprint density at radius 1 is 1.31 bits per heavy atom. The number of hydrogen-bond acceptors (Lipinski definition) is 2. The lowest BCUT2D eigenvalue weighted by Crippen LogP contribution is -2.12. The molecule has 0 aromatic heterocycles. The van der Waals surface area contributed by atoms with Crippen LogP contribution in [-0.2, 0) is 4.79 Å². The highest BCUT2D eigenvalue weighted by Gasteiger charge is 2.27. The lowest BCUT2D eigenvalue weighted by molar-refractivity contribution is -0.112. The summed E-state index contributed by atoms with van der Waals surface area (Å²) in [7, 11) is 0. The average molecular weight is 278 g/mol. The Morgan fingerprint density at radius 3 is 2.88 bits per heavy atom. The predicted molar refractivity (Wildman–Crippen MR) is 64.7 cm³/mol. The number of halogens is 1. The molecule has 4 heteroatoms. The van der Waals surface area contributed by atoms with E-state index in [2.05, 4.69) is 33.1 Å². The summed E-state index contributed by atoms with van der Waals surface area (Å²) in [4.78, 5) is 22.5. The number of rotatable bonds is 1. The van der Waals surface area contributed by atoms with Gasteiger partial charge in [0.05, 0.1) is 11.3 Å². The number of nitrogens with one attached hydrogen (secondary N) is 1. The largest absolute Gasteiger partial charge is 0.318 e. The van der Waals surface area contributed by atoms with E-state index in [0.717, 1.165) is 17.3 Å². The van der Waals surface area contributed by atoms with Crippen LogP contribution in [0.5, 0.6) is 0 Å². The number of anilines is 1. The number of alkyl halides is 1. The van der Waals surface area contributed by atoms with E-state index in [-0.39, 0.29) is 0 Å². The first-order valence-electron chi connectivity index (χ1n) is 4.77. The van der Waals surface area contributed by atoms with Crippen molar-refractivity contribution in [3.8, 4) is 11.8 Å². The van der Waals surface area contributed by atoms with Crippen molar-refractivity contribution in [3.63, 3.8) is 0 Å². The van der Waals surface area contributed by atoms with Gasteiger partial charge in [-0.05, 0) is 18.2 Å². The Labute approximate surface area is 101 Å². The summed E-state index contributed by atoms with van der Waals surface area (Å²) < 4.78 is 0. The van der Waals surface area contributed by atoms with Gasteiger partial charge in [-0.15, -0.1) is 0 Å². The van der Waals surface area contributed by atoms with E-state index in [0.29, 0.717) is 11.3 Å². The number of carbonyl (C=O) groups is 2. The van der Waals surface area contributed by atoms with E-state index in [1.54, 1.807) is 18.2 Å². The molecule has 0 saturated heterocycles. The van der Waals surface area contributed by atoms with E-state index in [1.165, 1.54) is 0 Å². The molecule has 1 N–H and O–H groups in total. The summed E-state index contributed by atoms with van der Waals surface area (Å²) in [5, 5.41) is 3.32. The summed E-state index contributed by atoms with van der Waals surface area (Å²) in [5.74, 6) is 4.84. The van der Waals surface area contributed by atoms with Gasteiger partial charge < -0.3 is 5.32 Å². The lowest BCUT2D eigenvalue weighted by Gasteiger charge is -1.96. The minimum Gasteiger partial charge on any atom is -0.318 e. The molecule has 1 aromatic rings. The zero-order chi connectivity index (χ0) is 11.5.